The van der Waals surface area contributed by atoms with Crippen LogP contribution in [0.3, 0.4) is 0 Å². The number of methoxy groups -OCH3 is 1. The summed E-state index contributed by atoms with van der Waals surface area (Å²) >= 11 is 0. The molecule has 0 aliphatic carbocycles. The van der Waals surface area contributed by atoms with Gasteiger partial charge in [-0.15, -0.1) is 0 Å². The van der Waals surface area contributed by atoms with Gasteiger partial charge in [0.15, 0.2) is 5.82 Å². The molecule has 0 saturated heterocycles. The Morgan fingerprint density at radius 1 is 1.17 bits per heavy atom. The van der Waals surface area contributed by atoms with Gasteiger partial charge in [0.2, 0.25) is 5.88 Å². The van der Waals surface area contributed by atoms with Crippen LogP contribution in [0.4, 0.5) is 22.1 Å². The van der Waals surface area contributed by atoms with E-state index < -0.39 is 0 Å². The number of hydrogen-bond donors (Lipinski definition) is 2. The second-order valence-electron chi connectivity index (χ2n) is 7.10. The van der Waals surface area contributed by atoms with Crippen LogP contribution in [0.25, 0.3) is 11.3 Å². The molecule has 0 unspecified atom stereocenters. The number of hydrogen-bond acceptors (Lipinski definition) is 6. The molecule has 0 atom stereocenters. The number of benzene rings is 1. The minimum atomic E-state index is -0.297. The van der Waals surface area contributed by atoms with Crippen molar-refractivity contribution in [3.8, 4) is 17.1 Å². The number of aromatic nitrogens is 3. The lowest BCUT2D eigenvalue weighted by atomic mass is 10.1. The Morgan fingerprint density at radius 2 is 2.07 bits per heavy atom. The normalized spacial score (nSPS) is 13.5. The maximum absolute atomic E-state index is 13.1. The third-order valence-electron chi connectivity index (χ3n) is 4.90. The number of nitrogens with zero attached hydrogens (tertiary/aromatic N) is 4. The number of pyridine rings is 1. The summed E-state index contributed by atoms with van der Waals surface area (Å²) in [6.07, 6.45) is 3.18. The van der Waals surface area contributed by atoms with Crippen LogP contribution < -0.4 is 20.3 Å². The Morgan fingerprint density at radius 3 is 2.90 bits per heavy atom. The van der Waals surface area contributed by atoms with Crippen molar-refractivity contribution in [2.45, 2.75) is 19.8 Å². The molecule has 0 bridgehead atoms. The van der Waals surface area contributed by atoms with E-state index in [9.17, 15) is 4.79 Å². The molecular formula is C22H24N6O2. The SMILES string of the molecule is COc1cc(NC(=O)N2CCCCNc3ccc(-c4cccc(C)c4)nc32)ncn1. The van der Waals surface area contributed by atoms with Crippen LogP contribution in [0.1, 0.15) is 18.4 Å². The molecule has 0 radical (unpaired) electrons. The Hall–Kier alpha value is -3.68. The Kier molecular flexibility index (Phi) is 5.74. The van der Waals surface area contributed by atoms with Gasteiger partial charge in [0, 0.05) is 24.7 Å². The summed E-state index contributed by atoms with van der Waals surface area (Å²) in [6, 6.07) is 13.4. The first-order valence-electron chi connectivity index (χ1n) is 9.90. The monoisotopic (exact) mass is 404 g/mol. The zero-order valence-electron chi connectivity index (χ0n) is 17.1. The van der Waals surface area contributed by atoms with Crippen LogP contribution in [-0.2, 0) is 0 Å². The van der Waals surface area contributed by atoms with Gasteiger partial charge in [0.25, 0.3) is 0 Å². The van der Waals surface area contributed by atoms with Crippen molar-refractivity contribution in [2.24, 2.45) is 0 Å². The number of rotatable bonds is 3. The fourth-order valence-electron chi connectivity index (χ4n) is 3.38. The minimum absolute atomic E-state index is 0.297. The van der Waals surface area contributed by atoms with E-state index in [0.29, 0.717) is 24.1 Å². The standard InChI is InChI=1S/C22H24N6O2/c1-15-6-5-7-16(12-15)17-8-9-18-21(26-17)28(11-4-3-10-23-18)22(29)27-19-13-20(30-2)25-14-24-19/h5-9,12-14,23H,3-4,10-11H2,1-2H3,(H,24,25,27,29). The number of anilines is 3. The Labute approximate surface area is 175 Å². The number of ether oxygens (including phenoxy) is 1. The second-order valence-corrected chi connectivity index (χ2v) is 7.10. The third-order valence-corrected chi connectivity index (χ3v) is 4.90. The highest BCUT2D eigenvalue weighted by molar-refractivity contribution is 6.02. The highest BCUT2D eigenvalue weighted by atomic mass is 16.5. The fraction of sp³-hybridized carbons (Fsp3) is 0.273. The van der Waals surface area contributed by atoms with Gasteiger partial charge in [-0.05, 0) is 38.0 Å². The van der Waals surface area contributed by atoms with E-state index >= 15 is 0 Å². The molecule has 1 aliphatic rings. The molecule has 2 aromatic heterocycles. The predicted molar refractivity (Wildman–Crippen MR) is 117 cm³/mol. The van der Waals surface area contributed by atoms with Gasteiger partial charge in [0.1, 0.15) is 12.1 Å². The van der Waals surface area contributed by atoms with E-state index in [2.05, 4.69) is 39.7 Å². The van der Waals surface area contributed by atoms with Crippen molar-refractivity contribution in [1.82, 2.24) is 15.0 Å². The molecule has 8 heteroatoms. The number of fused-ring (bicyclic) bond motifs is 1. The van der Waals surface area contributed by atoms with Crippen molar-refractivity contribution < 1.29 is 9.53 Å². The molecule has 1 aromatic carbocycles. The summed E-state index contributed by atoms with van der Waals surface area (Å²) in [6.45, 7) is 3.46. The van der Waals surface area contributed by atoms with Gasteiger partial charge in [0.05, 0.1) is 18.5 Å². The summed E-state index contributed by atoms with van der Waals surface area (Å²) in [5, 5.41) is 6.22. The third kappa shape index (κ3) is 4.32. The van der Waals surface area contributed by atoms with Crippen LogP contribution in [0.5, 0.6) is 5.88 Å². The molecule has 3 heterocycles. The van der Waals surface area contributed by atoms with Gasteiger partial charge >= 0.3 is 6.03 Å². The second kappa shape index (κ2) is 8.77. The molecule has 30 heavy (non-hydrogen) atoms. The van der Waals surface area contributed by atoms with Crippen molar-refractivity contribution >= 4 is 23.4 Å². The van der Waals surface area contributed by atoms with Gasteiger partial charge in [-0.1, -0.05) is 23.8 Å². The fourth-order valence-corrected chi connectivity index (χ4v) is 3.38. The molecule has 4 rings (SSSR count). The van der Waals surface area contributed by atoms with E-state index in [4.69, 9.17) is 9.72 Å². The van der Waals surface area contributed by atoms with E-state index in [1.165, 1.54) is 13.4 Å². The molecule has 0 fully saturated rings. The van der Waals surface area contributed by atoms with Crippen molar-refractivity contribution in [2.75, 3.05) is 35.7 Å². The zero-order chi connectivity index (χ0) is 20.9. The van der Waals surface area contributed by atoms with Gasteiger partial charge in [-0.25, -0.2) is 19.7 Å². The average molecular weight is 404 g/mol. The molecule has 2 amide bonds. The van der Waals surface area contributed by atoms with Crippen LogP contribution in [-0.4, -0.2) is 41.2 Å². The van der Waals surface area contributed by atoms with Crippen LogP contribution >= 0.6 is 0 Å². The number of urea groups is 1. The summed E-state index contributed by atoms with van der Waals surface area (Å²) in [5.74, 6) is 1.36. The first-order valence-corrected chi connectivity index (χ1v) is 9.90. The Bertz CT molecular complexity index is 1060. The number of aryl methyl sites for hydroxylation is 1. The lowest BCUT2D eigenvalue weighted by Gasteiger charge is -2.27. The van der Waals surface area contributed by atoms with Crippen LogP contribution in [0, 0.1) is 6.92 Å². The molecule has 154 valence electrons. The van der Waals surface area contributed by atoms with E-state index in [1.54, 1.807) is 11.0 Å². The zero-order valence-corrected chi connectivity index (χ0v) is 17.1. The van der Waals surface area contributed by atoms with E-state index in [0.717, 1.165) is 41.9 Å². The van der Waals surface area contributed by atoms with E-state index in [-0.39, 0.29) is 6.03 Å². The molecule has 8 nitrogen and oxygen atoms in total. The minimum Gasteiger partial charge on any atom is -0.481 e. The summed E-state index contributed by atoms with van der Waals surface area (Å²) < 4.78 is 5.11. The Balaban J connectivity index is 1.68. The number of carbonyl (C=O) groups excluding carboxylic acids is 1. The maximum Gasteiger partial charge on any atom is 0.328 e. The highest BCUT2D eigenvalue weighted by Gasteiger charge is 2.23. The smallest absolute Gasteiger partial charge is 0.328 e. The van der Waals surface area contributed by atoms with Crippen LogP contribution in [0.2, 0.25) is 0 Å². The number of nitrogens with one attached hydrogen (secondary N) is 2. The van der Waals surface area contributed by atoms with Crippen molar-refractivity contribution in [3.05, 3.63) is 54.4 Å². The van der Waals surface area contributed by atoms with Crippen molar-refractivity contribution in [3.63, 3.8) is 0 Å². The maximum atomic E-state index is 13.1. The number of carbonyl (C=O) groups is 1. The van der Waals surface area contributed by atoms with Crippen molar-refractivity contribution in [1.29, 1.82) is 0 Å². The topological polar surface area (TPSA) is 92.3 Å². The van der Waals surface area contributed by atoms with Gasteiger partial charge in [-0.2, -0.15) is 0 Å². The molecular weight excluding hydrogens is 380 g/mol. The summed E-state index contributed by atoms with van der Waals surface area (Å²) in [5.41, 5.74) is 3.83. The highest BCUT2D eigenvalue weighted by Crippen LogP contribution is 2.30. The van der Waals surface area contributed by atoms with Gasteiger partial charge < -0.3 is 10.1 Å². The summed E-state index contributed by atoms with van der Waals surface area (Å²) in [4.78, 5) is 27.7. The largest absolute Gasteiger partial charge is 0.481 e. The predicted octanol–water partition coefficient (Wildman–Crippen LogP) is 4.10. The molecule has 1 aliphatic heterocycles. The molecule has 0 spiro atoms. The lowest BCUT2D eigenvalue weighted by Crippen LogP contribution is -2.38. The lowest BCUT2D eigenvalue weighted by molar-refractivity contribution is 0.256. The first kappa shape index (κ1) is 19.6. The molecule has 2 N–H and O–H groups in total. The average Bonchev–Trinajstić information content (AvgIpc) is 2.74. The molecule has 0 saturated carbocycles. The van der Waals surface area contributed by atoms with Crippen LogP contribution in [0.15, 0.2) is 48.8 Å². The number of amides is 2. The summed E-state index contributed by atoms with van der Waals surface area (Å²) in [7, 11) is 1.52. The first-order chi connectivity index (χ1) is 14.6. The quantitative estimate of drug-likeness (QED) is 0.683. The van der Waals surface area contributed by atoms with E-state index in [1.807, 2.05) is 24.3 Å². The van der Waals surface area contributed by atoms with Gasteiger partial charge in [-0.3, -0.25) is 10.2 Å². The molecule has 3 aromatic rings.